The number of aromatic nitrogens is 1. The molecule has 1 N–H and O–H groups in total. The highest BCUT2D eigenvalue weighted by Crippen LogP contribution is 2.55. The topological polar surface area (TPSA) is 17.0 Å². The predicted molar refractivity (Wildman–Crippen MR) is 345 cm³/mol. The van der Waals surface area contributed by atoms with Gasteiger partial charge in [-0.1, -0.05) is 177 Å². The van der Waals surface area contributed by atoms with Crippen molar-refractivity contribution in [2.24, 2.45) is 0 Å². The summed E-state index contributed by atoms with van der Waals surface area (Å²) in [5.74, 6) is 0. The molecule has 3 heterocycles. The van der Waals surface area contributed by atoms with Crippen LogP contribution in [0, 0.1) is 0 Å². The molecule has 1 radical (unpaired) electrons. The summed E-state index contributed by atoms with van der Waals surface area (Å²) in [6, 6.07) is 51.3. The Hall–Kier alpha value is -6.36. The number of hydrogen-bond donors (Lipinski definition) is 1. The molecule has 0 atom stereocenters. The van der Waals surface area contributed by atoms with E-state index in [0.717, 1.165) is 24.2 Å². The molecule has 1 aliphatic heterocycles. The molecule has 4 aliphatic rings. The first-order valence-corrected chi connectivity index (χ1v) is 30.3. The number of nitrogens with zero attached hydrogens (tertiary/aromatic N) is 1. The quantitative estimate of drug-likeness (QED) is 0.174. The molecule has 0 saturated heterocycles. The summed E-state index contributed by atoms with van der Waals surface area (Å²) < 4.78 is 5.39. The first kappa shape index (κ1) is 50.8. The number of thiophene rings is 1. The normalized spacial score (nSPS) is 18.0. The number of hydrogen-bond acceptors (Lipinski definition) is 2. The van der Waals surface area contributed by atoms with Crippen molar-refractivity contribution in [2.45, 2.75) is 174 Å². The molecule has 8 aromatic carbocycles. The fourth-order valence-electron chi connectivity index (χ4n) is 14.9. The van der Waals surface area contributed by atoms with E-state index in [1.807, 2.05) is 11.3 Å². The summed E-state index contributed by atoms with van der Waals surface area (Å²) in [6.45, 7) is 38.6. The van der Waals surface area contributed by atoms with Crippen LogP contribution in [0.4, 0.5) is 11.4 Å². The molecule has 0 spiro atoms. The smallest absolute Gasteiger partial charge is 0.197 e. The lowest BCUT2D eigenvalue weighted by molar-refractivity contribution is 0.332. The van der Waals surface area contributed by atoms with Crippen molar-refractivity contribution < 1.29 is 0 Å². The second-order valence-electron chi connectivity index (χ2n) is 29.8. The minimum atomic E-state index is -0.0950. The van der Waals surface area contributed by atoms with Crippen molar-refractivity contribution in [2.75, 3.05) is 5.32 Å². The van der Waals surface area contributed by atoms with Crippen molar-refractivity contribution in [1.29, 1.82) is 0 Å². The summed E-state index contributed by atoms with van der Waals surface area (Å²) >= 11 is 1.96. The molecule has 2 nitrogen and oxygen atoms in total. The van der Waals surface area contributed by atoms with Crippen LogP contribution in [0.5, 0.6) is 0 Å². The van der Waals surface area contributed by atoms with Crippen molar-refractivity contribution in [3.8, 4) is 39.1 Å². The average Bonchev–Trinajstić information content (AvgIpc) is 3.74. The van der Waals surface area contributed by atoms with Gasteiger partial charge in [0.25, 0.3) is 0 Å². The Morgan fingerprint density at radius 2 is 1.04 bits per heavy atom. The summed E-state index contributed by atoms with van der Waals surface area (Å²) in [7, 11) is 2.57. The molecule has 0 amide bonds. The van der Waals surface area contributed by atoms with Gasteiger partial charge in [-0.2, -0.15) is 0 Å². The third-order valence-electron chi connectivity index (χ3n) is 20.3. The van der Waals surface area contributed by atoms with Gasteiger partial charge < -0.3 is 9.88 Å². The molecule has 0 bridgehead atoms. The Balaban J connectivity index is 1.14. The van der Waals surface area contributed by atoms with Crippen molar-refractivity contribution in [3.05, 3.63) is 172 Å². The highest BCUT2D eigenvalue weighted by atomic mass is 32.1. The Bertz CT molecular complexity index is 4280. The molecular formula is C75H78BN2S. The molecule has 2 aromatic heterocycles. The van der Waals surface area contributed by atoms with Gasteiger partial charge in [-0.25, -0.2) is 0 Å². The number of nitrogens with one attached hydrogen (secondary N) is 1. The average molecular weight is 1050 g/mol. The minimum absolute atomic E-state index is 0.0208. The van der Waals surface area contributed by atoms with E-state index in [9.17, 15) is 0 Å². The van der Waals surface area contributed by atoms with E-state index in [1.54, 1.807) is 0 Å². The molecule has 397 valence electrons. The van der Waals surface area contributed by atoms with E-state index >= 15 is 0 Å². The maximum Gasteiger partial charge on any atom is 0.197 e. The lowest BCUT2D eigenvalue weighted by atomic mass is 9.58. The zero-order valence-corrected chi connectivity index (χ0v) is 50.7. The third-order valence-corrected chi connectivity index (χ3v) is 21.4. The highest BCUT2D eigenvalue weighted by Gasteiger charge is 2.41. The van der Waals surface area contributed by atoms with Crippen molar-refractivity contribution in [1.82, 2.24) is 4.57 Å². The fourth-order valence-corrected chi connectivity index (χ4v) is 16.1. The van der Waals surface area contributed by atoms with Gasteiger partial charge in [0, 0.05) is 64.5 Å². The summed E-state index contributed by atoms with van der Waals surface area (Å²) in [5, 5.41) is 9.52. The minimum Gasteiger partial charge on any atom is -0.355 e. The molecule has 79 heavy (non-hydrogen) atoms. The van der Waals surface area contributed by atoms with Gasteiger partial charge in [-0.05, 0) is 203 Å². The van der Waals surface area contributed by atoms with Crippen LogP contribution >= 0.6 is 11.3 Å². The van der Waals surface area contributed by atoms with E-state index < -0.39 is 0 Å². The van der Waals surface area contributed by atoms with Crippen LogP contribution in [0.1, 0.15) is 181 Å². The first-order chi connectivity index (χ1) is 37.1. The van der Waals surface area contributed by atoms with E-state index in [-0.39, 0.29) is 37.9 Å². The third kappa shape index (κ3) is 7.54. The summed E-state index contributed by atoms with van der Waals surface area (Å²) in [4.78, 5) is 0. The van der Waals surface area contributed by atoms with Gasteiger partial charge in [0.1, 0.15) is 0 Å². The lowest BCUT2D eigenvalue weighted by Crippen LogP contribution is -2.38. The Labute approximate surface area is 475 Å². The molecule has 10 aromatic rings. The van der Waals surface area contributed by atoms with Gasteiger partial charge in [-0.3, -0.25) is 0 Å². The SMILES string of the molecule is CC(C)(C)c1ccc(Nc2cc3sc4cc5c(cc4c3cc2-c2cc(-c3ccc4c(c3)-c3ccccc3C4(C)C)c3c4cc6c(cc4n4c3c2[B]c2cc(C(C)(C)C)ccc2-4)C(C)(C)CCC6(C)C)C(C)(C)CCC5(C)C)cc1. The summed E-state index contributed by atoms with van der Waals surface area (Å²) in [6.07, 6.45) is 4.71. The molecule has 0 fully saturated rings. The van der Waals surface area contributed by atoms with Crippen LogP contribution in [0.2, 0.25) is 0 Å². The van der Waals surface area contributed by atoms with Crippen LogP contribution in [-0.2, 0) is 37.9 Å². The molecule has 14 rings (SSSR count). The number of anilines is 2. The Morgan fingerprint density at radius 3 is 1.70 bits per heavy atom. The van der Waals surface area contributed by atoms with Crippen LogP contribution in [0.3, 0.4) is 0 Å². The van der Waals surface area contributed by atoms with Gasteiger partial charge >= 0.3 is 0 Å². The van der Waals surface area contributed by atoms with E-state index in [4.69, 9.17) is 0 Å². The van der Waals surface area contributed by atoms with Gasteiger partial charge in [-0.15, -0.1) is 11.3 Å². The van der Waals surface area contributed by atoms with Crippen molar-refractivity contribution >= 4 is 82.9 Å². The monoisotopic (exact) mass is 1050 g/mol. The lowest BCUT2D eigenvalue weighted by Gasteiger charge is -2.42. The van der Waals surface area contributed by atoms with Gasteiger partial charge in [0.05, 0.1) is 5.52 Å². The van der Waals surface area contributed by atoms with Gasteiger partial charge in [0.2, 0.25) is 0 Å². The second-order valence-corrected chi connectivity index (χ2v) is 30.9. The van der Waals surface area contributed by atoms with Crippen molar-refractivity contribution in [3.63, 3.8) is 0 Å². The second kappa shape index (κ2) is 16.4. The van der Waals surface area contributed by atoms with E-state index in [0.29, 0.717) is 0 Å². The van der Waals surface area contributed by atoms with E-state index in [1.165, 1.54) is 149 Å². The number of fused-ring (bicyclic) bond motifs is 13. The van der Waals surface area contributed by atoms with Crippen LogP contribution in [-0.4, -0.2) is 11.8 Å². The van der Waals surface area contributed by atoms with E-state index in [2.05, 4.69) is 255 Å². The maximum absolute atomic E-state index is 4.13. The van der Waals surface area contributed by atoms with Crippen LogP contribution in [0.15, 0.2) is 127 Å². The summed E-state index contributed by atoms with van der Waals surface area (Å²) in [5.41, 5.74) is 28.1. The first-order valence-electron chi connectivity index (χ1n) is 29.5. The van der Waals surface area contributed by atoms with Gasteiger partial charge in [0.15, 0.2) is 7.28 Å². The zero-order valence-electron chi connectivity index (χ0n) is 49.9. The molecule has 0 unspecified atom stereocenters. The van der Waals surface area contributed by atoms with Crippen LogP contribution in [0.25, 0.3) is 81.0 Å². The molecule has 4 heteroatoms. The maximum atomic E-state index is 4.13. The molecule has 3 aliphatic carbocycles. The molecule has 0 saturated carbocycles. The predicted octanol–water partition coefficient (Wildman–Crippen LogP) is 19.8. The standard InChI is InChI=1S/C75H78BN2S/c1-69(2,3)43-22-25-45(26-23-43)77-61-41-65-50(51-37-56-59(40-64(51)79-65)74(13,14)32-30-71(56,7)8)36-49(61)52-35-47(42-21-27-55-48(33-42)46-19-17-18-20-54(46)75(55,15)16)66-53-38-57-58(73(11,12)31-29-72(57,9)10)39-63(53)78-62-28-24-44(70(4,5)6)34-60(62)76-67(52)68(66)78/h17-28,33-41,77H,29-32H2,1-16H3. The zero-order chi connectivity index (χ0) is 55.5. The molecular weight excluding hydrogens is 972 g/mol. The fraction of sp³-hybridized carbons (Fsp3) is 0.360. The number of rotatable bonds is 4. The largest absolute Gasteiger partial charge is 0.355 e. The van der Waals surface area contributed by atoms with Crippen LogP contribution < -0.4 is 16.2 Å². The Kier molecular flexibility index (Phi) is 10.6. The highest BCUT2D eigenvalue weighted by molar-refractivity contribution is 7.25. The number of benzene rings is 8. The Morgan fingerprint density at radius 1 is 0.468 bits per heavy atom.